The maximum absolute atomic E-state index is 15.0. The topological polar surface area (TPSA) is 80.5 Å². The Morgan fingerprint density at radius 1 is 0.868 bits per heavy atom. The number of hydrogen-bond acceptors (Lipinski definition) is 4. The molecule has 4 rings (SSSR count). The molecule has 0 saturated heterocycles. The van der Waals surface area contributed by atoms with Crippen LogP contribution in [0, 0.1) is 10.1 Å². The second-order valence-corrected chi connectivity index (χ2v) is 12.8. The first-order valence-electron chi connectivity index (χ1n) is 12.8. The Labute approximate surface area is 230 Å². The molecule has 1 aliphatic rings. The maximum Gasteiger partial charge on any atom is 0.274 e. The van der Waals surface area contributed by atoms with Crippen LogP contribution >= 0.6 is 11.6 Å². The molecule has 8 heteroatoms. The predicted molar refractivity (Wildman–Crippen MR) is 154 cm³/mol. The third-order valence-electron chi connectivity index (χ3n) is 6.97. The molecule has 0 radical (unpaired) electrons. The second-order valence-electron chi connectivity index (χ2n) is 10.6. The minimum Gasteiger partial charge on any atom is -0.259 e. The molecule has 38 heavy (non-hydrogen) atoms. The number of fused-ring (bicyclic) bond motifs is 1. The number of benzene rings is 3. The van der Waals surface area contributed by atoms with Crippen LogP contribution in [0.5, 0.6) is 0 Å². The van der Waals surface area contributed by atoms with Crippen LogP contribution in [0.3, 0.4) is 0 Å². The second kappa shape index (κ2) is 10.5. The quantitative estimate of drug-likeness (QED) is 0.218. The fourth-order valence-corrected chi connectivity index (χ4v) is 7.48. The first kappa shape index (κ1) is 27.9. The van der Waals surface area contributed by atoms with Crippen LogP contribution in [-0.2, 0) is 10.0 Å². The minimum absolute atomic E-state index is 0.0915. The number of sulfonamides is 1. The van der Waals surface area contributed by atoms with Crippen LogP contribution in [0.25, 0.3) is 6.08 Å². The Balaban J connectivity index is 2.12. The molecule has 6 nitrogen and oxygen atoms in total. The highest BCUT2D eigenvalue weighted by molar-refractivity contribution is 7.93. The van der Waals surface area contributed by atoms with E-state index in [1.807, 2.05) is 39.8 Å². The fourth-order valence-electron chi connectivity index (χ4n) is 4.99. The molecular formula is C30H33ClN2O4S. The molecule has 0 fully saturated rings. The van der Waals surface area contributed by atoms with Crippen molar-refractivity contribution in [2.45, 2.75) is 70.2 Å². The van der Waals surface area contributed by atoms with Crippen LogP contribution in [0.15, 0.2) is 71.3 Å². The van der Waals surface area contributed by atoms with Gasteiger partial charge in [-0.3, -0.25) is 10.1 Å². The van der Waals surface area contributed by atoms with Gasteiger partial charge < -0.3 is 0 Å². The van der Waals surface area contributed by atoms with Crippen LogP contribution in [0.4, 0.5) is 5.69 Å². The third kappa shape index (κ3) is 4.97. The van der Waals surface area contributed by atoms with E-state index in [1.165, 1.54) is 10.4 Å². The van der Waals surface area contributed by atoms with Gasteiger partial charge in [0.1, 0.15) is 0 Å². The molecule has 0 spiro atoms. The monoisotopic (exact) mass is 552 g/mol. The van der Waals surface area contributed by atoms with E-state index < -0.39 is 21.0 Å². The van der Waals surface area contributed by atoms with Crippen LogP contribution in [0.1, 0.15) is 93.2 Å². The lowest BCUT2D eigenvalue weighted by atomic mass is 9.89. The highest BCUT2D eigenvalue weighted by atomic mass is 35.5. The Kier molecular flexibility index (Phi) is 7.73. The van der Waals surface area contributed by atoms with Crippen molar-refractivity contribution >= 4 is 33.4 Å². The summed E-state index contributed by atoms with van der Waals surface area (Å²) in [6.07, 6.45) is 1.43. The molecule has 0 amide bonds. The van der Waals surface area contributed by atoms with Gasteiger partial charge in [-0.15, -0.1) is 0 Å². The van der Waals surface area contributed by atoms with Crippen molar-refractivity contribution in [3.63, 3.8) is 0 Å². The van der Waals surface area contributed by atoms with E-state index in [-0.39, 0.29) is 28.3 Å². The zero-order valence-electron chi connectivity index (χ0n) is 22.5. The molecule has 0 N–H and O–H groups in total. The van der Waals surface area contributed by atoms with E-state index in [2.05, 4.69) is 13.8 Å². The lowest BCUT2D eigenvalue weighted by Crippen LogP contribution is -2.40. The van der Waals surface area contributed by atoms with E-state index in [0.29, 0.717) is 33.0 Å². The standard InChI is InChI=1S/C30H33ClN2O4S/c1-18(2)22-15-25(19(3)4)30(26(16-22)20(5)6)38(36,37)32-27-13-12-24(31)14-23(27)17-28(33(34)35)29(32)21-10-8-7-9-11-21/h7-20,29H,1-6H3/t29-/m0/s1. The summed E-state index contributed by atoms with van der Waals surface area (Å²) in [6, 6.07) is 16.4. The lowest BCUT2D eigenvalue weighted by Gasteiger charge is -2.36. The molecule has 1 heterocycles. The Morgan fingerprint density at radius 3 is 1.95 bits per heavy atom. The summed E-state index contributed by atoms with van der Waals surface area (Å²) in [5.41, 5.74) is 3.50. The smallest absolute Gasteiger partial charge is 0.259 e. The zero-order valence-corrected chi connectivity index (χ0v) is 24.0. The maximum atomic E-state index is 15.0. The van der Waals surface area contributed by atoms with Gasteiger partial charge in [0.15, 0.2) is 6.04 Å². The molecule has 1 aliphatic heterocycles. The summed E-state index contributed by atoms with van der Waals surface area (Å²) >= 11 is 6.25. The number of nitro groups is 1. The van der Waals surface area contributed by atoms with Gasteiger partial charge in [-0.05, 0) is 58.2 Å². The van der Waals surface area contributed by atoms with Crippen molar-refractivity contribution < 1.29 is 13.3 Å². The van der Waals surface area contributed by atoms with Gasteiger partial charge in [-0.2, -0.15) is 0 Å². The van der Waals surface area contributed by atoms with Crippen molar-refractivity contribution in [3.05, 3.63) is 109 Å². The van der Waals surface area contributed by atoms with Gasteiger partial charge in [0, 0.05) is 16.7 Å². The fraction of sp³-hybridized carbons (Fsp3) is 0.333. The van der Waals surface area contributed by atoms with Gasteiger partial charge in [-0.1, -0.05) is 95.6 Å². The van der Waals surface area contributed by atoms with E-state index >= 15 is 0 Å². The van der Waals surface area contributed by atoms with Crippen molar-refractivity contribution in [3.8, 4) is 0 Å². The molecule has 0 aliphatic carbocycles. The van der Waals surface area contributed by atoms with Crippen LogP contribution in [-0.4, -0.2) is 13.3 Å². The molecule has 3 aromatic carbocycles. The number of nitrogens with zero attached hydrogens (tertiary/aromatic N) is 2. The molecule has 200 valence electrons. The van der Waals surface area contributed by atoms with Crippen molar-refractivity contribution in [2.75, 3.05) is 4.31 Å². The Bertz CT molecular complexity index is 1480. The highest BCUT2D eigenvalue weighted by Gasteiger charge is 2.45. The molecule has 0 bridgehead atoms. The molecule has 0 aromatic heterocycles. The van der Waals surface area contributed by atoms with Crippen molar-refractivity contribution in [1.82, 2.24) is 0 Å². The number of anilines is 1. The van der Waals surface area contributed by atoms with E-state index in [9.17, 15) is 18.5 Å². The molecule has 0 saturated carbocycles. The zero-order chi connectivity index (χ0) is 27.9. The molecular weight excluding hydrogens is 520 g/mol. The molecule has 0 unspecified atom stereocenters. The van der Waals surface area contributed by atoms with Crippen LogP contribution in [0.2, 0.25) is 5.02 Å². The predicted octanol–water partition coefficient (Wildman–Crippen LogP) is 8.28. The summed E-state index contributed by atoms with van der Waals surface area (Å²) in [5.74, 6) is 0.0259. The average Bonchev–Trinajstić information content (AvgIpc) is 2.86. The summed E-state index contributed by atoms with van der Waals surface area (Å²) in [5, 5.41) is 12.8. The first-order chi connectivity index (χ1) is 17.8. The van der Waals surface area contributed by atoms with Gasteiger partial charge in [-0.25, -0.2) is 12.7 Å². The average molecular weight is 553 g/mol. The van der Waals surface area contributed by atoms with Gasteiger partial charge in [0.2, 0.25) is 0 Å². The molecule has 1 atom stereocenters. The van der Waals surface area contributed by atoms with Gasteiger partial charge in [0.25, 0.3) is 15.7 Å². The third-order valence-corrected chi connectivity index (χ3v) is 9.12. The summed E-state index contributed by atoms with van der Waals surface area (Å²) < 4.78 is 31.2. The SMILES string of the molecule is CC(C)c1cc(C(C)C)c(S(=O)(=O)N2c3ccc(Cl)cc3C=C([N+](=O)[O-])[C@@H]2c2ccccc2)c(C(C)C)c1. The summed E-state index contributed by atoms with van der Waals surface area (Å²) in [6.45, 7) is 12.1. The lowest BCUT2D eigenvalue weighted by molar-refractivity contribution is -0.428. The Morgan fingerprint density at radius 2 is 1.45 bits per heavy atom. The van der Waals surface area contributed by atoms with Crippen LogP contribution < -0.4 is 4.31 Å². The largest absolute Gasteiger partial charge is 0.274 e. The summed E-state index contributed by atoms with van der Waals surface area (Å²) in [4.78, 5) is 12.1. The van der Waals surface area contributed by atoms with Gasteiger partial charge >= 0.3 is 0 Å². The van der Waals surface area contributed by atoms with E-state index in [0.717, 1.165) is 5.56 Å². The molecule has 3 aromatic rings. The summed E-state index contributed by atoms with van der Waals surface area (Å²) in [7, 11) is -4.30. The van der Waals surface area contributed by atoms with E-state index in [4.69, 9.17) is 11.6 Å². The van der Waals surface area contributed by atoms with Crippen molar-refractivity contribution in [2.24, 2.45) is 0 Å². The first-order valence-corrected chi connectivity index (χ1v) is 14.6. The number of hydrogen-bond donors (Lipinski definition) is 0. The number of rotatable bonds is 7. The Hall–Kier alpha value is -3.16. The highest BCUT2D eigenvalue weighted by Crippen LogP contribution is 2.47. The minimum atomic E-state index is -4.30. The number of halogens is 1. The van der Waals surface area contributed by atoms with E-state index in [1.54, 1.807) is 48.5 Å². The normalized spacial score (nSPS) is 15.7. The van der Waals surface area contributed by atoms with Gasteiger partial charge in [0.05, 0.1) is 15.5 Å². The van der Waals surface area contributed by atoms with Crippen molar-refractivity contribution in [1.29, 1.82) is 0 Å².